The number of nitrogens with zero attached hydrogens (tertiary/aromatic N) is 2. The van der Waals surface area contributed by atoms with Crippen LogP contribution in [-0.4, -0.2) is 27.5 Å². The molecule has 1 N–H and O–H groups in total. The molecule has 3 rings (SSSR count). The molecule has 4 nitrogen and oxygen atoms in total. The average Bonchev–Trinajstić information content (AvgIpc) is 2.90. The van der Waals surface area contributed by atoms with E-state index < -0.39 is 5.97 Å². The lowest BCUT2D eigenvalue weighted by atomic mass is 9.94. The molecule has 0 saturated carbocycles. The fourth-order valence-corrected chi connectivity index (χ4v) is 3.18. The molecule has 0 bridgehead atoms. The van der Waals surface area contributed by atoms with E-state index in [1.807, 2.05) is 23.7 Å². The van der Waals surface area contributed by atoms with Gasteiger partial charge in [-0.15, -0.1) is 11.3 Å². The van der Waals surface area contributed by atoms with E-state index in [0.29, 0.717) is 5.56 Å². The molecule has 0 fully saturated rings. The largest absolute Gasteiger partial charge is 0.478 e. The zero-order valence-electron chi connectivity index (χ0n) is 10.4. The maximum atomic E-state index is 11.2. The van der Waals surface area contributed by atoms with Gasteiger partial charge >= 0.3 is 5.97 Å². The van der Waals surface area contributed by atoms with Gasteiger partial charge in [0.1, 0.15) is 5.01 Å². The molecule has 0 atom stereocenters. The number of thiazole rings is 1. The lowest BCUT2D eigenvalue weighted by molar-refractivity contribution is 0.0694. The van der Waals surface area contributed by atoms with Gasteiger partial charge in [0.25, 0.3) is 0 Å². The molecule has 0 radical (unpaired) electrons. The van der Waals surface area contributed by atoms with Crippen LogP contribution in [0.5, 0.6) is 0 Å². The Kier molecular flexibility index (Phi) is 3.31. The molecule has 2 aromatic rings. The summed E-state index contributed by atoms with van der Waals surface area (Å²) in [5.41, 5.74) is 2.57. The topological polar surface area (TPSA) is 53.4 Å². The normalized spacial score (nSPS) is 15.2. The van der Waals surface area contributed by atoms with E-state index >= 15 is 0 Å². The first-order valence-corrected chi connectivity index (χ1v) is 7.07. The van der Waals surface area contributed by atoms with Gasteiger partial charge in [0.15, 0.2) is 0 Å². The third-order valence-corrected chi connectivity index (χ3v) is 4.18. The van der Waals surface area contributed by atoms with Crippen LogP contribution in [0.25, 0.3) is 0 Å². The Morgan fingerprint density at radius 3 is 3.11 bits per heavy atom. The van der Waals surface area contributed by atoms with Crippen LogP contribution in [0.1, 0.15) is 26.5 Å². The summed E-state index contributed by atoms with van der Waals surface area (Å²) >= 11 is 1.66. The molecule has 1 aliphatic heterocycles. The molecule has 0 spiro atoms. The predicted molar refractivity (Wildman–Crippen MR) is 73.3 cm³/mol. The van der Waals surface area contributed by atoms with Crippen LogP contribution in [0.2, 0.25) is 0 Å². The van der Waals surface area contributed by atoms with Gasteiger partial charge < -0.3 is 5.11 Å². The van der Waals surface area contributed by atoms with E-state index in [-0.39, 0.29) is 0 Å². The smallest absolute Gasteiger partial charge is 0.335 e. The second-order valence-electron chi connectivity index (χ2n) is 4.63. The van der Waals surface area contributed by atoms with Crippen molar-refractivity contribution < 1.29 is 9.90 Å². The highest BCUT2D eigenvalue weighted by Crippen LogP contribution is 2.24. The maximum absolute atomic E-state index is 11.2. The molecule has 0 aliphatic carbocycles. The quantitative estimate of drug-likeness (QED) is 0.933. The SMILES string of the molecule is O=C(O)c1cccc2c1CCN(Cc1nccs1)C2. The minimum atomic E-state index is -0.828. The van der Waals surface area contributed by atoms with Crippen LogP contribution in [0.3, 0.4) is 0 Å². The summed E-state index contributed by atoms with van der Waals surface area (Å²) in [7, 11) is 0. The number of carboxylic acids is 1. The zero-order chi connectivity index (χ0) is 13.2. The van der Waals surface area contributed by atoms with Crippen molar-refractivity contribution >= 4 is 17.3 Å². The Hall–Kier alpha value is -1.72. The Labute approximate surface area is 115 Å². The number of fused-ring (bicyclic) bond motifs is 1. The van der Waals surface area contributed by atoms with Gasteiger partial charge in [-0.05, 0) is 23.6 Å². The molecule has 19 heavy (non-hydrogen) atoms. The molecule has 1 aromatic carbocycles. The first-order chi connectivity index (χ1) is 9.24. The third-order valence-electron chi connectivity index (χ3n) is 3.42. The van der Waals surface area contributed by atoms with Crippen molar-refractivity contribution in [3.63, 3.8) is 0 Å². The van der Waals surface area contributed by atoms with Crippen molar-refractivity contribution in [1.82, 2.24) is 9.88 Å². The Morgan fingerprint density at radius 2 is 2.37 bits per heavy atom. The van der Waals surface area contributed by atoms with E-state index in [4.69, 9.17) is 0 Å². The number of carbonyl (C=O) groups is 1. The third kappa shape index (κ3) is 2.52. The fourth-order valence-electron chi connectivity index (χ4n) is 2.53. The lowest BCUT2D eigenvalue weighted by Crippen LogP contribution is -2.31. The summed E-state index contributed by atoms with van der Waals surface area (Å²) in [6.45, 7) is 2.53. The molecule has 2 heterocycles. The standard InChI is InChI=1S/C14H14N2O2S/c17-14(18)12-3-1-2-10-8-16(6-4-11(10)12)9-13-15-5-7-19-13/h1-3,5,7H,4,6,8-9H2,(H,17,18). The summed E-state index contributed by atoms with van der Waals surface area (Å²) < 4.78 is 0. The van der Waals surface area contributed by atoms with Crippen LogP contribution in [-0.2, 0) is 19.5 Å². The summed E-state index contributed by atoms with van der Waals surface area (Å²) in [6.07, 6.45) is 2.61. The highest BCUT2D eigenvalue weighted by atomic mass is 32.1. The minimum Gasteiger partial charge on any atom is -0.478 e. The highest BCUT2D eigenvalue weighted by molar-refractivity contribution is 7.09. The van der Waals surface area contributed by atoms with Crippen LogP contribution in [0, 0.1) is 0 Å². The Morgan fingerprint density at radius 1 is 1.47 bits per heavy atom. The van der Waals surface area contributed by atoms with Crippen molar-refractivity contribution in [2.24, 2.45) is 0 Å². The van der Waals surface area contributed by atoms with Crippen molar-refractivity contribution in [2.75, 3.05) is 6.54 Å². The molecule has 1 aliphatic rings. The number of hydrogen-bond acceptors (Lipinski definition) is 4. The van der Waals surface area contributed by atoms with E-state index in [1.165, 1.54) is 0 Å². The molecular formula is C14H14N2O2S. The number of aromatic nitrogens is 1. The zero-order valence-corrected chi connectivity index (χ0v) is 11.2. The van der Waals surface area contributed by atoms with E-state index in [9.17, 15) is 9.90 Å². The Balaban J connectivity index is 1.81. The molecule has 0 amide bonds. The monoisotopic (exact) mass is 274 g/mol. The average molecular weight is 274 g/mol. The number of benzene rings is 1. The first kappa shape index (κ1) is 12.3. The molecule has 0 saturated heterocycles. The number of aromatic carboxylic acids is 1. The summed E-state index contributed by atoms with van der Waals surface area (Å²) in [4.78, 5) is 17.8. The van der Waals surface area contributed by atoms with Gasteiger partial charge in [-0.25, -0.2) is 9.78 Å². The summed E-state index contributed by atoms with van der Waals surface area (Å²) in [5.74, 6) is -0.828. The van der Waals surface area contributed by atoms with Crippen LogP contribution >= 0.6 is 11.3 Å². The molecular weight excluding hydrogens is 260 g/mol. The second-order valence-corrected chi connectivity index (χ2v) is 5.61. The van der Waals surface area contributed by atoms with Crippen molar-refractivity contribution in [1.29, 1.82) is 0 Å². The number of hydrogen-bond donors (Lipinski definition) is 1. The Bertz CT molecular complexity index is 595. The predicted octanol–water partition coefficient (Wildman–Crippen LogP) is 2.40. The lowest BCUT2D eigenvalue weighted by Gasteiger charge is -2.28. The maximum Gasteiger partial charge on any atom is 0.335 e. The molecule has 5 heteroatoms. The molecule has 98 valence electrons. The minimum absolute atomic E-state index is 0.450. The van der Waals surface area contributed by atoms with Crippen LogP contribution in [0.4, 0.5) is 0 Å². The van der Waals surface area contributed by atoms with Crippen LogP contribution < -0.4 is 0 Å². The fraction of sp³-hybridized carbons (Fsp3) is 0.286. The van der Waals surface area contributed by atoms with E-state index in [2.05, 4.69) is 9.88 Å². The van der Waals surface area contributed by atoms with Gasteiger partial charge in [0, 0.05) is 24.7 Å². The first-order valence-electron chi connectivity index (χ1n) is 6.19. The summed E-state index contributed by atoms with van der Waals surface area (Å²) in [5, 5.41) is 12.3. The molecule has 0 unspecified atom stereocenters. The second kappa shape index (κ2) is 5.11. The van der Waals surface area contributed by atoms with Gasteiger partial charge in [0.2, 0.25) is 0 Å². The van der Waals surface area contributed by atoms with Crippen LogP contribution in [0.15, 0.2) is 29.8 Å². The van der Waals surface area contributed by atoms with Crippen molar-refractivity contribution in [3.05, 3.63) is 51.5 Å². The van der Waals surface area contributed by atoms with E-state index in [0.717, 1.165) is 42.2 Å². The van der Waals surface area contributed by atoms with Crippen molar-refractivity contribution in [3.8, 4) is 0 Å². The van der Waals surface area contributed by atoms with Crippen molar-refractivity contribution in [2.45, 2.75) is 19.5 Å². The van der Waals surface area contributed by atoms with Gasteiger partial charge in [0.05, 0.1) is 12.1 Å². The summed E-state index contributed by atoms with van der Waals surface area (Å²) in [6, 6.07) is 5.54. The van der Waals surface area contributed by atoms with E-state index in [1.54, 1.807) is 17.4 Å². The van der Waals surface area contributed by atoms with Gasteiger partial charge in [-0.3, -0.25) is 4.90 Å². The van der Waals surface area contributed by atoms with Gasteiger partial charge in [-0.2, -0.15) is 0 Å². The number of carboxylic acid groups (broad SMARTS) is 1. The van der Waals surface area contributed by atoms with Gasteiger partial charge in [-0.1, -0.05) is 12.1 Å². The highest BCUT2D eigenvalue weighted by Gasteiger charge is 2.21. The molecule has 1 aromatic heterocycles. The number of rotatable bonds is 3.